The summed E-state index contributed by atoms with van der Waals surface area (Å²) in [5, 5.41) is 6.49. The van der Waals surface area contributed by atoms with Crippen LogP contribution < -0.4 is 4.90 Å². The van der Waals surface area contributed by atoms with Crippen LogP contribution in [0.5, 0.6) is 0 Å². The smallest absolute Gasteiger partial charge is 0.410 e. The highest BCUT2D eigenvalue weighted by atomic mass is 32.1. The molecule has 0 bridgehead atoms. The van der Waals surface area contributed by atoms with E-state index in [-0.39, 0.29) is 18.3 Å². The number of nitrogens with zero attached hydrogens (tertiary/aromatic N) is 5. The van der Waals surface area contributed by atoms with Gasteiger partial charge in [0, 0.05) is 51.9 Å². The minimum atomic E-state index is -0.235. The molecule has 2 saturated heterocycles. The van der Waals surface area contributed by atoms with Crippen molar-refractivity contribution in [2.45, 2.75) is 51.7 Å². The molecule has 2 aromatic rings. The largest absolute Gasteiger partial charge is 0.447 e. The van der Waals surface area contributed by atoms with Crippen molar-refractivity contribution in [1.82, 2.24) is 14.9 Å². The molecule has 8 nitrogen and oxygen atoms in total. The predicted molar refractivity (Wildman–Crippen MR) is 114 cm³/mol. The Kier molecular flexibility index (Phi) is 6.13. The summed E-state index contributed by atoms with van der Waals surface area (Å²) in [6, 6.07) is 2.03. The molecule has 0 saturated carbocycles. The van der Waals surface area contributed by atoms with Gasteiger partial charge >= 0.3 is 6.09 Å². The summed E-state index contributed by atoms with van der Waals surface area (Å²) in [5.41, 5.74) is 2.10. The molecule has 2 aliphatic rings. The van der Waals surface area contributed by atoms with Gasteiger partial charge in [0.2, 0.25) is 0 Å². The highest BCUT2D eigenvalue weighted by Crippen LogP contribution is 2.29. The second-order valence-corrected chi connectivity index (χ2v) is 8.62. The Labute approximate surface area is 174 Å². The highest BCUT2D eigenvalue weighted by molar-refractivity contribution is 7.17. The summed E-state index contributed by atoms with van der Waals surface area (Å²) in [4.78, 5) is 30.6. The standard InChI is InChI=1S/C20H27N5O3S/c1-14(2)27-20(26)25-10-5-16(6-11-25)28-23-15-3-8-24(9-4-15)19-18-17(7-12-29-18)21-13-22-19/h7,12-14,16H,3-6,8-11H2,1-2H3. The van der Waals surface area contributed by atoms with E-state index in [0.29, 0.717) is 13.1 Å². The minimum Gasteiger partial charge on any atom is -0.447 e. The normalized spacial score (nSPS) is 18.4. The van der Waals surface area contributed by atoms with Crippen molar-refractivity contribution >= 4 is 39.2 Å². The Morgan fingerprint density at radius 1 is 1.21 bits per heavy atom. The molecular weight excluding hydrogens is 390 g/mol. The van der Waals surface area contributed by atoms with Gasteiger partial charge in [-0.15, -0.1) is 11.3 Å². The fourth-order valence-electron chi connectivity index (χ4n) is 3.64. The van der Waals surface area contributed by atoms with Crippen molar-refractivity contribution < 1.29 is 14.4 Å². The fraction of sp³-hybridized carbons (Fsp3) is 0.600. The molecule has 156 valence electrons. The number of ether oxygens (including phenoxy) is 1. The molecule has 0 unspecified atom stereocenters. The van der Waals surface area contributed by atoms with Gasteiger partial charge in [-0.3, -0.25) is 0 Å². The van der Waals surface area contributed by atoms with E-state index < -0.39 is 0 Å². The molecule has 2 aliphatic heterocycles. The SMILES string of the molecule is CC(C)OC(=O)N1CCC(ON=C2CCN(c3ncnc4ccsc34)CC2)CC1. The minimum absolute atomic E-state index is 0.0660. The van der Waals surface area contributed by atoms with E-state index in [2.05, 4.69) is 25.4 Å². The first-order valence-corrected chi connectivity index (χ1v) is 11.1. The average Bonchev–Trinajstić information content (AvgIpc) is 3.21. The van der Waals surface area contributed by atoms with Crippen molar-refractivity contribution in [3.63, 3.8) is 0 Å². The van der Waals surface area contributed by atoms with E-state index in [1.807, 2.05) is 19.9 Å². The number of amides is 1. The molecule has 9 heteroatoms. The quantitative estimate of drug-likeness (QED) is 0.706. The summed E-state index contributed by atoms with van der Waals surface area (Å²) in [6.45, 7) is 6.79. The van der Waals surface area contributed by atoms with Crippen LogP contribution in [0, 0.1) is 0 Å². The summed E-state index contributed by atoms with van der Waals surface area (Å²) < 4.78 is 6.40. The van der Waals surface area contributed by atoms with E-state index in [9.17, 15) is 4.79 Å². The highest BCUT2D eigenvalue weighted by Gasteiger charge is 2.26. The topological polar surface area (TPSA) is 80.1 Å². The molecule has 0 N–H and O–H groups in total. The number of hydrogen-bond acceptors (Lipinski definition) is 8. The lowest BCUT2D eigenvalue weighted by atomic mass is 10.1. The lowest BCUT2D eigenvalue weighted by Crippen LogP contribution is -2.41. The number of rotatable bonds is 4. The zero-order chi connectivity index (χ0) is 20.2. The third-order valence-electron chi connectivity index (χ3n) is 5.23. The third kappa shape index (κ3) is 4.77. The molecule has 0 atom stereocenters. The van der Waals surface area contributed by atoms with Gasteiger partial charge in [-0.2, -0.15) is 0 Å². The van der Waals surface area contributed by atoms with Crippen LogP contribution in [-0.2, 0) is 9.57 Å². The van der Waals surface area contributed by atoms with Crippen LogP contribution >= 0.6 is 11.3 Å². The number of anilines is 1. The first-order valence-electron chi connectivity index (χ1n) is 10.2. The van der Waals surface area contributed by atoms with Gasteiger partial charge in [0.25, 0.3) is 0 Å². The summed E-state index contributed by atoms with van der Waals surface area (Å²) in [6.07, 6.45) is 4.69. The molecule has 29 heavy (non-hydrogen) atoms. The molecule has 4 heterocycles. The second-order valence-electron chi connectivity index (χ2n) is 7.70. The summed E-state index contributed by atoms with van der Waals surface area (Å²) in [7, 11) is 0. The second kappa shape index (κ2) is 8.94. The van der Waals surface area contributed by atoms with Crippen molar-refractivity contribution in [3.8, 4) is 0 Å². The van der Waals surface area contributed by atoms with Crippen LogP contribution in [0.1, 0.15) is 39.5 Å². The number of hydrogen-bond donors (Lipinski definition) is 0. The van der Waals surface area contributed by atoms with Crippen LogP contribution in [0.2, 0.25) is 0 Å². The number of fused-ring (bicyclic) bond motifs is 1. The third-order valence-corrected chi connectivity index (χ3v) is 6.13. The Morgan fingerprint density at radius 3 is 2.69 bits per heavy atom. The monoisotopic (exact) mass is 417 g/mol. The Hall–Kier alpha value is -2.42. The first-order chi connectivity index (χ1) is 14.1. The lowest BCUT2D eigenvalue weighted by Gasteiger charge is -2.31. The van der Waals surface area contributed by atoms with Gasteiger partial charge in [0.15, 0.2) is 0 Å². The van der Waals surface area contributed by atoms with Crippen LogP contribution in [0.3, 0.4) is 0 Å². The van der Waals surface area contributed by atoms with Gasteiger partial charge in [0.05, 0.1) is 22.0 Å². The van der Waals surface area contributed by atoms with Gasteiger partial charge in [-0.1, -0.05) is 5.16 Å². The van der Waals surface area contributed by atoms with Crippen LogP contribution in [0.4, 0.5) is 10.6 Å². The molecule has 2 fully saturated rings. The van der Waals surface area contributed by atoms with E-state index in [1.165, 1.54) is 0 Å². The lowest BCUT2D eigenvalue weighted by molar-refractivity contribution is 0.00415. The van der Waals surface area contributed by atoms with Crippen LogP contribution in [0.25, 0.3) is 10.2 Å². The summed E-state index contributed by atoms with van der Waals surface area (Å²) >= 11 is 1.68. The molecule has 4 rings (SSSR count). The van der Waals surface area contributed by atoms with Crippen molar-refractivity contribution in [2.75, 3.05) is 31.1 Å². The Bertz CT molecular complexity index is 866. The molecule has 0 aromatic carbocycles. The Balaban J connectivity index is 1.25. The van der Waals surface area contributed by atoms with Crippen LogP contribution in [0.15, 0.2) is 22.9 Å². The Morgan fingerprint density at radius 2 is 1.97 bits per heavy atom. The predicted octanol–water partition coefficient (Wildman–Crippen LogP) is 3.67. The number of piperidine rings is 2. The van der Waals surface area contributed by atoms with Gasteiger partial charge in [-0.25, -0.2) is 14.8 Å². The van der Waals surface area contributed by atoms with E-state index in [4.69, 9.17) is 9.57 Å². The molecule has 0 spiro atoms. The number of oxime groups is 1. The van der Waals surface area contributed by atoms with Crippen LogP contribution in [-0.4, -0.2) is 65.1 Å². The molecule has 2 aromatic heterocycles. The van der Waals surface area contributed by atoms with E-state index in [0.717, 1.165) is 60.5 Å². The number of carbonyl (C=O) groups is 1. The molecule has 1 amide bonds. The molecule has 0 radical (unpaired) electrons. The van der Waals surface area contributed by atoms with Gasteiger partial charge in [-0.05, 0) is 25.3 Å². The van der Waals surface area contributed by atoms with Crippen molar-refractivity contribution in [3.05, 3.63) is 17.8 Å². The number of thiophene rings is 1. The summed E-state index contributed by atoms with van der Waals surface area (Å²) in [5.74, 6) is 1.02. The number of carbonyl (C=O) groups excluding carboxylic acids is 1. The van der Waals surface area contributed by atoms with Gasteiger partial charge in [0.1, 0.15) is 18.2 Å². The van der Waals surface area contributed by atoms with Crippen molar-refractivity contribution in [2.24, 2.45) is 5.16 Å². The maximum atomic E-state index is 12.0. The molecule has 0 aliphatic carbocycles. The number of likely N-dealkylation sites (tertiary alicyclic amines) is 1. The zero-order valence-electron chi connectivity index (χ0n) is 16.9. The number of aromatic nitrogens is 2. The van der Waals surface area contributed by atoms with Gasteiger partial charge < -0.3 is 19.4 Å². The van der Waals surface area contributed by atoms with Crippen molar-refractivity contribution in [1.29, 1.82) is 0 Å². The fourth-order valence-corrected chi connectivity index (χ4v) is 4.50. The maximum Gasteiger partial charge on any atom is 0.410 e. The average molecular weight is 418 g/mol. The maximum absolute atomic E-state index is 12.0. The first kappa shape index (κ1) is 19.9. The van der Waals surface area contributed by atoms with E-state index in [1.54, 1.807) is 22.6 Å². The zero-order valence-corrected chi connectivity index (χ0v) is 17.7. The van der Waals surface area contributed by atoms with E-state index >= 15 is 0 Å². The molecular formula is C20H27N5O3S.